The van der Waals surface area contributed by atoms with Crippen LogP contribution in [0.1, 0.15) is 17.5 Å². The molecule has 1 aromatic heterocycles. The maximum Gasteiger partial charge on any atom is 0.169 e. The first kappa shape index (κ1) is 22.4. The lowest BCUT2D eigenvalue weighted by Crippen LogP contribution is -2.47. The molecule has 3 heterocycles. The summed E-state index contributed by atoms with van der Waals surface area (Å²) >= 11 is 0. The van der Waals surface area contributed by atoms with Gasteiger partial charge in [-0.1, -0.05) is 36.4 Å². The van der Waals surface area contributed by atoms with Crippen LogP contribution in [0.25, 0.3) is 11.1 Å². The zero-order valence-electron chi connectivity index (χ0n) is 18.5. The Morgan fingerprint density at radius 3 is 2.56 bits per heavy atom. The monoisotopic (exact) mass is 451 g/mol. The highest BCUT2D eigenvalue weighted by Gasteiger charge is 2.24. The van der Waals surface area contributed by atoms with Crippen LogP contribution < -0.4 is 14.4 Å². The molecule has 6 heteroatoms. The molecule has 5 nitrogen and oxygen atoms in total. The van der Waals surface area contributed by atoms with E-state index in [9.17, 15) is 0 Å². The number of benzene rings is 2. The second-order valence-electron chi connectivity index (χ2n) is 8.20. The molecular weight excluding hydrogens is 422 g/mol. The molecule has 0 atom stereocenters. The molecule has 2 aliphatic rings. The molecule has 0 aliphatic carbocycles. The van der Waals surface area contributed by atoms with Gasteiger partial charge in [-0.15, -0.1) is 12.4 Å². The molecule has 2 aliphatic heterocycles. The van der Waals surface area contributed by atoms with Crippen LogP contribution in [-0.4, -0.2) is 49.7 Å². The minimum Gasteiger partial charge on any atom is -0.493 e. The van der Waals surface area contributed by atoms with Gasteiger partial charge in [0.2, 0.25) is 0 Å². The summed E-state index contributed by atoms with van der Waals surface area (Å²) in [7, 11) is 1.71. The molecule has 0 radical (unpaired) electrons. The van der Waals surface area contributed by atoms with Gasteiger partial charge in [-0.05, 0) is 54.3 Å². The van der Waals surface area contributed by atoms with Crippen LogP contribution in [0, 0.1) is 0 Å². The van der Waals surface area contributed by atoms with E-state index in [-0.39, 0.29) is 12.4 Å². The van der Waals surface area contributed by atoms with Crippen LogP contribution in [0.15, 0.2) is 60.8 Å². The van der Waals surface area contributed by atoms with Crippen molar-refractivity contribution in [3.05, 3.63) is 71.9 Å². The van der Waals surface area contributed by atoms with Crippen molar-refractivity contribution >= 4 is 18.2 Å². The molecule has 1 fully saturated rings. The van der Waals surface area contributed by atoms with E-state index in [0.717, 1.165) is 62.9 Å². The summed E-state index contributed by atoms with van der Waals surface area (Å²) in [5.74, 6) is 2.80. The van der Waals surface area contributed by atoms with Crippen LogP contribution in [0.3, 0.4) is 0 Å². The van der Waals surface area contributed by atoms with Gasteiger partial charge in [-0.2, -0.15) is 0 Å². The molecule has 5 rings (SSSR count). The summed E-state index contributed by atoms with van der Waals surface area (Å²) in [6, 6.07) is 18.9. The van der Waals surface area contributed by atoms with Gasteiger partial charge in [0.25, 0.3) is 0 Å². The first-order valence-corrected chi connectivity index (χ1v) is 11.1. The maximum absolute atomic E-state index is 6.12. The van der Waals surface area contributed by atoms with E-state index in [1.54, 1.807) is 7.11 Å². The predicted molar refractivity (Wildman–Crippen MR) is 131 cm³/mol. The minimum absolute atomic E-state index is 0. The first-order chi connectivity index (χ1) is 15.3. The molecule has 0 spiro atoms. The third kappa shape index (κ3) is 4.54. The molecule has 1 saturated heterocycles. The quantitative estimate of drug-likeness (QED) is 0.536. The highest BCUT2D eigenvalue weighted by atomic mass is 35.5. The van der Waals surface area contributed by atoms with E-state index < -0.39 is 0 Å². The van der Waals surface area contributed by atoms with Gasteiger partial charge in [0.15, 0.2) is 11.5 Å². The average Bonchev–Trinajstić information content (AvgIpc) is 2.84. The lowest BCUT2D eigenvalue weighted by molar-refractivity contribution is 0.254. The molecule has 0 bridgehead atoms. The summed E-state index contributed by atoms with van der Waals surface area (Å²) < 4.78 is 11.7. The number of anilines is 1. The molecule has 32 heavy (non-hydrogen) atoms. The fraction of sp³-hybridized carbons (Fsp3) is 0.346. The Balaban J connectivity index is 0.00000245. The number of rotatable bonds is 6. The van der Waals surface area contributed by atoms with Gasteiger partial charge < -0.3 is 14.4 Å². The molecule has 168 valence electrons. The Hall–Kier alpha value is -2.76. The fourth-order valence-corrected chi connectivity index (χ4v) is 4.69. The second kappa shape index (κ2) is 10.2. The smallest absolute Gasteiger partial charge is 0.169 e. The number of hydrogen-bond acceptors (Lipinski definition) is 5. The van der Waals surface area contributed by atoms with Crippen molar-refractivity contribution in [2.75, 3.05) is 44.7 Å². The molecule has 0 amide bonds. The van der Waals surface area contributed by atoms with Crippen LogP contribution in [0.4, 0.5) is 5.82 Å². The van der Waals surface area contributed by atoms with Crippen LogP contribution in [-0.2, 0) is 13.0 Å². The number of aromatic nitrogens is 1. The topological polar surface area (TPSA) is 37.8 Å². The van der Waals surface area contributed by atoms with Crippen LogP contribution >= 0.6 is 12.4 Å². The Kier molecular flexibility index (Phi) is 7.18. The third-order valence-corrected chi connectivity index (χ3v) is 6.35. The van der Waals surface area contributed by atoms with E-state index in [0.29, 0.717) is 6.61 Å². The van der Waals surface area contributed by atoms with Crippen molar-refractivity contribution < 1.29 is 9.47 Å². The lowest BCUT2D eigenvalue weighted by atomic mass is 9.90. The maximum atomic E-state index is 6.12. The normalized spacial score (nSPS) is 15.2. The minimum atomic E-state index is 0. The van der Waals surface area contributed by atoms with Crippen LogP contribution in [0.2, 0.25) is 0 Å². The van der Waals surface area contributed by atoms with Gasteiger partial charge in [0.1, 0.15) is 12.4 Å². The van der Waals surface area contributed by atoms with E-state index in [1.807, 2.05) is 18.3 Å². The summed E-state index contributed by atoms with van der Waals surface area (Å²) in [6.45, 7) is 5.96. The van der Waals surface area contributed by atoms with Crippen molar-refractivity contribution in [1.29, 1.82) is 0 Å². The standard InChI is InChI=1S/C26H29N3O2.ClH/c1-30-23-12-11-20(25-22-9-3-2-7-21(22)19-31-26(23)25)8-6-14-28-15-17-29(18-16-28)24-10-4-5-13-27-24;/h2-5,7,9-13H,6,8,14-19H2,1H3;1H. The summed E-state index contributed by atoms with van der Waals surface area (Å²) in [5.41, 5.74) is 5.08. The average molecular weight is 452 g/mol. The van der Waals surface area contributed by atoms with E-state index in [1.165, 1.54) is 22.3 Å². The number of piperazine rings is 1. The fourth-order valence-electron chi connectivity index (χ4n) is 4.69. The SMILES string of the molecule is COc1ccc(CCCN2CCN(c3ccccn3)CC2)c2c1OCc1ccccc1-2.Cl. The highest BCUT2D eigenvalue weighted by molar-refractivity contribution is 5.85. The van der Waals surface area contributed by atoms with Gasteiger partial charge in [-0.3, -0.25) is 4.90 Å². The van der Waals surface area contributed by atoms with Gasteiger partial charge in [0.05, 0.1) is 7.11 Å². The Labute approximate surface area is 196 Å². The Bertz CT molecular complexity index is 1040. The van der Waals surface area contributed by atoms with E-state index >= 15 is 0 Å². The molecule has 0 unspecified atom stereocenters. The predicted octanol–water partition coefficient (Wildman–Crippen LogP) is 4.83. The summed E-state index contributed by atoms with van der Waals surface area (Å²) in [6.07, 6.45) is 4.04. The number of halogens is 1. The number of nitrogens with zero attached hydrogens (tertiary/aromatic N) is 3. The molecule has 2 aromatic carbocycles. The summed E-state index contributed by atoms with van der Waals surface area (Å²) in [4.78, 5) is 9.44. The van der Waals surface area contributed by atoms with Crippen LogP contribution in [0.5, 0.6) is 11.5 Å². The van der Waals surface area contributed by atoms with Gasteiger partial charge in [0, 0.05) is 37.9 Å². The van der Waals surface area contributed by atoms with Crippen molar-refractivity contribution in [3.63, 3.8) is 0 Å². The zero-order chi connectivity index (χ0) is 21.0. The number of aryl methyl sites for hydroxylation is 1. The molecular formula is C26H30ClN3O2. The van der Waals surface area contributed by atoms with Crippen molar-refractivity contribution in [2.45, 2.75) is 19.4 Å². The number of fused-ring (bicyclic) bond motifs is 3. The Morgan fingerprint density at radius 2 is 1.78 bits per heavy atom. The van der Waals surface area contributed by atoms with Crippen molar-refractivity contribution in [1.82, 2.24) is 9.88 Å². The first-order valence-electron chi connectivity index (χ1n) is 11.1. The van der Waals surface area contributed by atoms with Crippen molar-refractivity contribution in [3.8, 4) is 22.6 Å². The van der Waals surface area contributed by atoms with Gasteiger partial charge >= 0.3 is 0 Å². The number of methoxy groups -OCH3 is 1. The largest absolute Gasteiger partial charge is 0.493 e. The highest BCUT2D eigenvalue weighted by Crippen LogP contribution is 2.45. The summed E-state index contributed by atoms with van der Waals surface area (Å²) in [5, 5.41) is 0. The van der Waals surface area contributed by atoms with Crippen molar-refractivity contribution in [2.24, 2.45) is 0 Å². The number of ether oxygens (including phenoxy) is 2. The zero-order valence-corrected chi connectivity index (χ0v) is 19.3. The van der Waals surface area contributed by atoms with E-state index in [4.69, 9.17) is 9.47 Å². The lowest BCUT2D eigenvalue weighted by Gasteiger charge is -2.35. The van der Waals surface area contributed by atoms with Gasteiger partial charge in [-0.25, -0.2) is 4.98 Å². The Morgan fingerprint density at radius 1 is 0.969 bits per heavy atom. The van der Waals surface area contributed by atoms with E-state index in [2.05, 4.69) is 57.2 Å². The molecule has 0 N–H and O–H groups in total. The molecule has 0 saturated carbocycles. The third-order valence-electron chi connectivity index (χ3n) is 6.35. The molecule has 3 aromatic rings. The number of hydrogen-bond donors (Lipinski definition) is 0. The second-order valence-corrected chi connectivity index (χ2v) is 8.20. The number of pyridine rings is 1.